The molecule has 9 nitrogen and oxygen atoms in total. The summed E-state index contributed by atoms with van der Waals surface area (Å²) in [4.78, 5) is 8.43. The summed E-state index contributed by atoms with van der Waals surface area (Å²) in [5.74, 6) is -1.44. The topological polar surface area (TPSA) is 108 Å². The molecule has 0 aromatic heterocycles. The van der Waals surface area contributed by atoms with Crippen LogP contribution in [-0.2, 0) is 32.9 Å². The Balaban J connectivity index is 5.30. The van der Waals surface area contributed by atoms with Crippen molar-refractivity contribution in [3.05, 3.63) is 0 Å². The molecule has 38 heavy (non-hydrogen) atoms. The number of unbranched alkanes of at least 4 members (excludes halogenated alkanes) is 10. The molecule has 3 atom stereocenters. The maximum atomic E-state index is 14.0. The average molecular weight is 589 g/mol. The van der Waals surface area contributed by atoms with Gasteiger partial charge in [0.1, 0.15) is 18.4 Å². The largest absolute Gasteiger partial charge is 0.473 e. The third kappa shape index (κ3) is 13.5. The van der Waals surface area contributed by atoms with Crippen molar-refractivity contribution in [3.8, 4) is 0 Å². The van der Waals surface area contributed by atoms with Gasteiger partial charge in [-0.25, -0.2) is 13.0 Å². The molecule has 0 radical (unpaired) electrons. The van der Waals surface area contributed by atoms with Gasteiger partial charge in [-0.15, -0.1) is 0 Å². The summed E-state index contributed by atoms with van der Waals surface area (Å²) >= 11 is 0. The van der Waals surface area contributed by atoms with Gasteiger partial charge in [0.15, 0.2) is 20.6 Å². The number of sulfone groups is 1. The van der Waals surface area contributed by atoms with Gasteiger partial charge >= 0.3 is 7.82 Å². The molecular formula is C27H59NO8PS+. The van der Waals surface area contributed by atoms with Crippen molar-refractivity contribution < 1.29 is 40.9 Å². The van der Waals surface area contributed by atoms with E-state index in [1.54, 1.807) is 13.8 Å². The first kappa shape index (κ1) is 37.9. The van der Waals surface area contributed by atoms with E-state index >= 15 is 0 Å². The van der Waals surface area contributed by atoms with E-state index in [-0.39, 0.29) is 19.4 Å². The fourth-order valence-electron chi connectivity index (χ4n) is 4.36. The molecule has 0 aromatic rings. The predicted molar refractivity (Wildman–Crippen MR) is 155 cm³/mol. The Kier molecular flexibility index (Phi) is 17.7. The van der Waals surface area contributed by atoms with Crippen LogP contribution in [-0.4, -0.2) is 82.3 Å². The van der Waals surface area contributed by atoms with Crippen molar-refractivity contribution in [2.24, 2.45) is 0 Å². The van der Waals surface area contributed by atoms with Crippen molar-refractivity contribution >= 4 is 17.7 Å². The van der Waals surface area contributed by atoms with Gasteiger partial charge in [-0.05, 0) is 26.7 Å². The molecule has 3 unspecified atom stereocenters. The Morgan fingerprint density at radius 1 is 0.842 bits per heavy atom. The van der Waals surface area contributed by atoms with Gasteiger partial charge in [-0.1, -0.05) is 84.5 Å². The van der Waals surface area contributed by atoms with Gasteiger partial charge in [-0.2, -0.15) is 0 Å². The highest BCUT2D eigenvalue weighted by molar-refractivity contribution is 7.93. The Morgan fingerprint density at radius 2 is 1.29 bits per heavy atom. The number of quaternary nitrogens is 1. The van der Waals surface area contributed by atoms with Gasteiger partial charge in [0.2, 0.25) is 0 Å². The van der Waals surface area contributed by atoms with E-state index in [0.29, 0.717) is 17.4 Å². The molecule has 0 aromatic carbocycles. The molecule has 0 heterocycles. The summed E-state index contributed by atoms with van der Waals surface area (Å²) < 4.78 is 62.9. The third-order valence-electron chi connectivity index (χ3n) is 7.41. The smallest absolute Gasteiger partial charge is 0.352 e. The van der Waals surface area contributed by atoms with Crippen LogP contribution in [0.5, 0.6) is 0 Å². The van der Waals surface area contributed by atoms with Crippen LogP contribution in [0.3, 0.4) is 0 Å². The normalized spacial score (nSPS) is 17.2. The summed E-state index contributed by atoms with van der Waals surface area (Å²) in [5.41, 5.74) is 0. The zero-order valence-corrected chi connectivity index (χ0v) is 27.5. The monoisotopic (exact) mass is 588 g/mol. The number of phosphoric acid groups is 1. The molecule has 0 aliphatic carbocycles. The predicted octanol–water partition coefficient (Wildman–Crippen LogP) is 6.45. The molecule has 0 aliphatic heterocycles. The van der Waals surface area contributed by atoms with Gasteiger partial charge in [0, 0.05) is 14.2 Å². The van der Waals surface area contributed by atoms with Crippen LogP contribution < -0.4 is 0 Å². The number of hydrogen-bond acceptors (Lipinski definition) is 7. The summed E-state index contributed by atoms with van der Waals surface area (Å²) in [6, 6.07) is 0. The molecule has 0 spiro atoms. The lowest BCUT2D eigenvalue weighted by atomic mass is 10.0. The molecule has 0 bridgehead atoms. The van der Waals surface area contributed by atoms with E-state index in [1.165, 1.54) is 66.1 Å². The van der Waals surface area contributed by atoms with Crippen molar-refractivity contribution in [2.75, 3.05) is 48.5 Å². The maximum Gasteiger partial charge on any atom is 0.473 e. The number of rotatable bonds is 24. The third-order valence-corrected chi connectivity index (χ3v) is 11.7. The standard InChI is InChI=1S/C27H58NO8PS/c1-10-12-13-14-15-16-17-18-19-20-21-22-25(27(4,33-8)34-9)38(31,32)26(3,11-2)36-37(29,30)35-24-23-28(5,6)7/h25H,10-24H2,1-9H3/p+1. The number of ether oxygens (including phenoxy) is 2. The number of likely N-dealkylation sites (N-methyl/N-ethyl adjacent to an activating group) is 1. The Hall–Kier alpha value is -0.0600. The highest BCUT2D eigenvalue weighted by Crippen LogP contribution is 2.51. The molecule has 230 valence electrons. The first-order chi connectivity index (χ1) is 17.5. The number of hydrogen-bond donors (Lipinski definition) is 1. The first-order valence-corrected chi connectivity index (χ1v) is 17.4. The van der Waals surface area contributed by atoms with Crippen LogP contribution in [0.1, 0.15) is 111 Å². The fraction of sp³-hybridized carbons (Fsp3) is 1.00. The van der Waals surface area contributed by atoms with E-state index in [1.807, 2.05) is 21.1 Å². The minimum atomic E-state index is -4.65. The van der Waals surface area contributed by atoms with Crippen molar-refractivity contribution in [1.82, 2.24) is 0 Å². The highest BCUT2D eigenvalue weighted by atomic mass is 32.2. The molecule has 0 aliphatic rings. The van der Waals surface area contributed by atoms with Crippen molar-refractivity contribution in [2.45, 2.75) is 127 Å². The van der Waals surface area contributed by atoms with Crippen molar-refractivity contribution in [3.63, 3.8) is 0 Å². The van der Waals surface area contributed by atoms with Gasteiger partial charge in [-0.3, -0.25) is 9.05 Å². The number of methoxy groups -OCH3 is 2. The number of phosphoric ester groups is 1. The zero-order chi connectivity index (χ0) is 29.5. The van der Waals surface area contributed by atoms with Crippen LogP contribution in [0.25, 0.3) is 0 Å². The Bertz CT molecular complexity index is 782. The second-order valence-corrected chi connectivity index (χ2v) is 15.6. The molecule has 11 heteroatoms. The lowest BCUT2D eigenvalue weighted by molar-refractivity contribution is -0.870. The summed E-state index contributed by atoms with van der Waals surface area (Å²) in [5, 5.41) is -1.10. The average Bonchev–Trinajstić information content (AvgIpc) is 2.82. The van der Waals surface area contributed by atoms with E-state index in [9.17, 15) is 17.9 Å². The lowest BCUT2D eigenvalue weighted by Gasteiger charge is -2.40. The lowest BCUT2D eigenvalue weighted by Crippen LogP contribution is -2.54. The van der Waals surface area contributed by atoms with Crippen LogP contribution in [0, 0.1) is 0 Å². The molecular weight excluding hydrogens is 529 g/mol. The molecule has 0 rings (SSSR count). The summed E-state index contributed by atoms with van der Waals surface area (Å²) in [6.07, 6.45) is 12.9. The Labute approximate surface area is 234 Å². The van der Waals surface area contributed by atoms with E-state index in [2.05, 4.69) is 6.92 Å². The Morgan fingerprint density at radius 3 is 1.68 bits per heavy atom. The highest BCUT2D eigenvalue weighted by Gasteiger charge is 2.54. The zero-order valence-electron chi connectivity index (χ0n) is 25.8. The van der Waals surface area contributed by atoms with Gasteiger partial charge in [0.25, 0.3) is 0 Å². The molecule has 0 saturated carbocycles. The van der Waals surface area contributed by atoms with Crippen LogP contribution in [0.2, 0.25) is 0 Å². The second kappa shape index (κ2) is 17.7. The first-order valence-electron chi connectivity index (χ1n) is 14.4. The number of nitrogens with zero attached hydrogens (tertiary/aromatic N) is 1. The quantitative estimate of drug-likeness (QED) is 0.0594. The van der Waals surface area contributed by atoms with E-state index in [0.717, 1.165) is 19.3 Å². The maximum absolute atomic E-state index is 14.0. The van der Waals surface area contributed by atoms with Gasteiger partial charge < -0.3 is 18.9 Å². The molecule has 1 N–H and O–H groups in total. The molecule has 0 fully saturated rings. The fourth-order valence-corrected chi connectivity index (χ4v) is 8.28. The van der Waals surface area contributed by atoms with Gasteiger partial charge in [0.05, 0.1) is 21.1 Å². The molecule has 0 saturated heterocycles. The molecule has 0 amide bonds. The summed E-state index contributed by atoms with van der Waals surface area (Å²) in [6.45, 7) is 7.15. The van der Waals surface area contributed by atoms with Crippen LogP contribution in [0.4, 0.5) is 0 Å². The minimum Gasteiger partial charge on any atom is -0.352 e. The van der Waals surface area contributed by atoms with Crippen molar-refractivity contribution in [1.29, 1.82) is 0 Å². The van der Waals surface area contributed by atoms with E-state index < -0.39 is 33.6 Å². The summed E-state index contributed by atoms with van der Waals surface area (Å²) in [7, 11) is -0.265. The SMILES string of the molecule is CCCCCCCCCCCCCC(C(C)(OC)OC)S(=O)(=O)C(C)(CC)OP(=O)(O)OCC[N+](C)(C)C. The second-order valence-electron chi connectivity index (χ2n) is 11.7. The van der Waals surface area contributed by atoms with E-state index in [4.69, 9.17) is 18.5 Å². The minimum absolute atomic E-state index is 0.0448. The van der Waals surface area contributed by atoms with Crippen LogP contribution >= 0.6 is 7.82 Å². The van der Waals surface area contributed by atoms with Crippen LogP contribution in [0.15, 0.2) is 0 Å².